The molecule has 264 valence electrons. The molecule has 0 aromatic rings. The lowest BCUT2D eigenvalue weighted by molar-refractivity contribution is -0.142. The van der Waals surface area contributed by atoms with Crippen LogP contribution in [0.25, 0.3) is 0 Å². The summed E-state index contributed by atoms with van der Waals surface area (Å²) in [6.07, 6.45) is 0.745. The Kier molecular flexibility index (Phi) is 17.4. The first kappa shape index (κ1) is 40.2. The molecule has 1 saturated heterocycles. The molecule has 8 amide bonds. The number of rotatable bonds is 21. The number of carboxylic acid groups (broad SMARTS) is 1. The average molecular weight is 670 g/mol. The van der Waals surface area contributed by atoms with Crippen LogP contribution >= 0.6 is 0 Å². The van der Waals surface area contributed by atoms with Crippen LogP contribution in [0.4, 0.5) is 0 Å². The van der Waals surface area contributed by atoms with E-state index in [0.717, 1.165) is 6.42 Å². The quantitative estimate of drug-likeness (QED) is 0.0556. The SMILES string of the molecule is CC(C)C[C@H](NC(=O)CNC(=O)[C@H](CCC(N)=O)NC(=O)[C@@H]1CCCN1)C(=O)N[C@@H](C)C(=O)NCC(=O)N[C@@H](CCC(N)=O)C(=O)O. The van der Waals surface area contributed by atoms with Gasteiger partial charge in [0.25, 0.3) is 0 Å². The number of nitrogens with two attached hydrogens (primary N) is 2. The van der Waals surface area contributed by atoms with Gasteiger partial charge < -0.3 is 53.8 Å². The van der Waals surface area contributed by atoms with E-state index < -0.39 is 96.5 Å². The first-order valence-corrected chi connectivity index (χ1v) is 15.3. The molecule has 1 aliphatic heterocycles. The predicted octanol–water partition coefficient (Wildman–Crippen LogP) is -4.41. The van der Waals surface area contributed by atoms with Crippen molar-refractivity contribution in [2.75, 3.05) is 19.6 Å². The molecule has 19 heteroatoms. The van der Waals surface area contributed by atoms with Crippen LogP contribution in [-0.2, 0) is 43.2 Å². The van der Waals surface area contributed by atoms with Crippen molar-refractivity contribution in [1.29, 1.82) is 0 Å². The van der Waals surface area contributed by atoms with Gasteiger partial charge in [0.15, 0.2) is 0 Å². The van der Waals surface area contributed by atoms with Crippen molar-refractivity contribution in [2.45, 2.75) is 95.9 Å². The summed E-state index contributed by atoms with van der Waals surface area (Å²) < 4.78 is 0. The lowest BCUT2D eigenvalue weighted by Gasteiger charge is -2.23. The average Bonchev–Trinajstić information content (AvgIpc) is 3.53. The normalized spacial score (nSPS) is 16.5. The van der Waals surface area contributed by atoms with Gasteiger partial charge in [-0.25, -0.2) is 4.79 Å². The van der Waals surface area contributed by atoms with Gasteiger partial charge in [0, 0.05) is 12.8 Å². The second-order valence-corrected chi connectivity index (χ2v) is 11.6. The third-order valence-electron chi connectivity index (χ3n) is 6.96. The summed E-state index contributed by atoms with van der Waals surface area (Å²) in [4.78, 5) is 109. The van der Waals surface area contributed by atoms with Gasteiger partial charge in [0.2, 0.25) is 47.3 Å². The Hall–Kier alpha value is -4.81. The van der Waals surface area contributed by atoms with E-state index in [0.29, 0.717) is 13.0 Å². The highest BCUT2D eigenvalue weighted by Gasteiger charge is 2.29. The Labute approximate surface area is 271 Å². The molecule has 0 unspecified atom stereocenters. The fourth-order valence-corrected chi connectivity index (χ4v) is 4.46. The summed E-state index contributed by atoms with van der Waals surface area (Å²) >= 11 is 0. The molecular weight excluding hydrogens is 622 g/mol. The molecule has 0 radical (unpaired) electrons. The highest BCUT2D eigenvalue weighted by Crippen LogP contribution is 2.08. The second kappa shape index (κ2) is 20.3. The number of primary amides is 2. The molecule has 1 rings (SSSR count). The highest BCUT2D eigenvalue weighted by molar-refractivity contribution is 5.95. The summed E-state index contributed by atoms with van der Waals surface area (Å²) in [7, 11) is 0. The molecule has 1 aliphatic rings. The maximum Gasteiger partial charge on any atom is 0.326 e. The first-order valence-electron chi connectivity index (χ1n) is 15.3. The summed E-state index contributed by atoms with van der Waals surface area (Å²) in [6.45, 7) is 4.38. The van der Waals surface area contributed by atoms with Crippen LogP contribution < -0.4 is 48.7 Å². The van der Waals surface area contributed by atoms with E-state index in [4.69, 9.17) is 11.5 Å². The van der Waals surface area contributed by atoms with Gasteiger partial charge in [0.05, 0.1) is 19.1 Å². The maximum absolute atomic E-state index is 13.0. The number of aliphatic carboxylic acids is 1. The minimum absolute atomic E-state index is 0.0807. The number of carbonyl (C=O) groups excluding carboxylic acids is 8. The van der Waals surface area contributed by atoms with Crippen molar-refractivity contribution >= 4 is 53.2 Å². The molecule has 0 aromatic heterocycles. The van der Waals surface area contributed by atoms with E-state index in [-0.39, 0.29) is 38.0 Å². The molecule has 0 saturated carbocycles. The zero-order valence-corrected chi connectivity index (χ0v) is 26.8. The monoisotopic (exact) mass is 669 g/mol. The Balaban J connectivity index is 2.70. The first-order chi connectivity index (χ1) is 22.0. The van der Waals surface area contributed by atoms with Gasteiger partial charge in [-0.2, -0.15) is 0 Å². The molecule has 0 spiro atoms. The van der Waals surface area contributed by atoms with Crippen LogP contribution in [0.3, 0.4) is 0 Å². The Morgan fingerprint density at radius 2 is 1.26 bits per heavy atom. The van der Waals surface area contributed by atoms with Crippen molar-refractivity contribution in [3.8, 4) is 0 Å². The Morgan fingerprint density at radius 3 is 1.74 bits per heavy atom. The van der Waals surface area contributed by atoms with Crippen LogP contribution in [0.2, 0.25) is 0 Å². The van der Waals surface area contributed by atoms with E-state index in [1.165, 1.54) is 6.92 Å². The molecule has 1 heterocycles. The van der Waals surface area contributed by atoms with Crippen LogP contribution in [0.1, 0.15) is 65.7 Å². The van der Waals surface area contributed by atoms with Crippen LogP contribution in [-0.4, -0.2) is 108 Å². The molecule has 19 nitrogen and oxygen atoms in total. The smallest absolute Gasteiger partial charge is 0.326 e. The lowest BCUT2D eigenvalue weighted by atomic mass is 10.0. The van der Waals surface area contributed by atoms with Gasteiger partial charge in [-0.1, -0.05) is 13.8 Å². The molecule has 5 atom stereocenters. The zero-order chi connectivity index (χ0) is 35.7. The molecule has 0 aliphatic carbocycles. The number of hydrogen-bond donors (Lipinski definition) is 10. The molecule has 12 N–H and O–H groups in total. The maximum atomic E-state index is 13.0. The molecule has 47 heavy (non-hydrogen) atoms. The van der Waals surface area contributed by atoms with E-state index >= 15 is 0 Å². The third kappa shape index (κ3) is 16.4. The fraction of sp³-hybridized carbons (Fsp3) is 0.679. The molecule has 1 fully saturated rings. The fourth-order valence-electron chi connectivity index (χ4n) is 4.46. The Morgan fingerprint density at radius 1 is 0.723 bits per heavy atom. The van der Waals surface area contributed by atoms with E-state index in [1.807, 2.05) is 0 Å². The summed E-state index contributed by atoms with van der Waals surface area (Å²) in [5.74, 6) is -7.14. The summed E-state index contributed by atoms with van der Waals surface area (Å²) in [5.41, 5.74) is 10.2. The number of carboxylic acids is 1. The van der Waals surface area contributed by atoms with Crippen molar-refractivity contribution in [3.05, 3.63) is 0 Å². The van der Waals surface area contributed by atoms with Crippen LogP contribution in [0, 0.1) is 5.92 Å². The van der Waals surface area contributed by atoms with Crippen LogP contribution in [0.5, 0.6) is 0 Å². The summed E-state index contributed by atoms with van der Waals surface area (Å²) in [5, 5.41) is 26.5. The molecule has 0 bridgehead atoms. The van der Waals surface area contributed by atoms with Gasteiger partial charge in [-0.15, -0.1) is 0 Å². The van der Waals surface area contributed by atoms with Crippen LogP contribution in [0.15, 0.2) is 0 Å². The number of nitrogens with one attached hydrogen (secondary N) is 7. The number of hydrogen-bond acceptors (Lipinski definition) is 10. The number of amides is 8. The lowest BCUT2D eigenvalue weighted by Crippen LogP contribution is -2.56. The van der Waals surface area contributed by atoms with Gasteiger partial charge >= 0.3 is 5.97 Å². The Bertz CT molecular complexity index is 1170. The standard InChI is InChI=1S/C28H47N9O10/c1-14(2)11-19(27(45)34-15(3)24(42)32-12-22(40)35-18(28(46)47)7-9-21(30)39)36-23(41)13-33-25(43)17(6-8-20(29)38)37-26(44)16-5-4-10-31-16/h14-19,31H,4-13H2,1-3H3,(H2,29,38)(H2,30,39)(H,32,42)(H,33,43)(H,34,45)(H,35,40)(H,36,41)(H,37,44)(H,46,47)/t15-,16-,17-,18-,19-/m0/s1. The van der Waals surface area contributed by atoms with E-state index in [2.05, 4.69) is 37.2 Å². The van der Waals surface area contributed by atoms with E-state index in [9.17, 15) is 48.3 Å². The van der Waals surface area contributed by atoms with Gasteiger partial charge in [0.1, 0.15) is 24.2 Å². The van der Waals surface area contributed by atoms with E-state index in [1.54, 1.807) is 13.8 Å². The zero-order valence-electron chi connectivity index (χ0n) is 26.8. The summed E-state index contributed by atoms with van der Waals surface area (Å²) in [6, 6.07) is -5.30. The molecule has 0 aromatic carbocycles. The van der Waals surface area contributed by atoms with Crippen molar-refractivity contribution in [2.24, 2.45) is 17.4 Å². The van der Waals surface area contributed by atoms with Gasteiger partial charge in [-0.3, -0.25) is 38.4 Å². The van der Waals surface area contributed by atoms with Gasteiger partial charge in [-0.05, 0) is 51.5 Å². The topological polar surface area (TPSA) is 310 Å². The third-order valence-corrected chi connectivity index (χ3v) is 6.96. The van der Waals surface area contributed by atoms with Crippen molar-refractivity contribution < 1.29 is 48.3 Å². The largest absolute Gasteiger partial charge is 0.480 e. The highest BCUT2D eigenvalue weighted by atomic mass is 16.4. The second-order valence-electron chi connectivity index (χ2n) is 11.6. The molecular formula is C28H47N9O10. The minimum atomic E-state index is -1.40. The minimum Gasteiger partial charge on any atom is -0.480 e. The van der Waals surface area contributed by atoms with Crippen molar-refractivity contribution in [3.63, 3.8) is 0 Å². The van der Waals surface area contributed by atoms with Crippen molar-refractivity contribution in [1.82, 2.24) is 37.2 Å². The number of carbonyl (C=O) groups is 9. The predicted molar refractivity (Wildman–Crippen MR) is 164 cm³/mol.